The molecule has 140 valence electrons. The van der Waals surface area contributed by atoms with E-state index in [1.807, 2.05) is 54.6 Å². The molecule has 0 bridgehead atoms. The number of Topliss-reactive ketones (excluding diaryl/α,β-unsaturated/α-hetero) is 1. The Labute approximate surface area is 163 Å². The van der Waals surface area contributed by atoms with Crippen molar-refractivity contribution in [2.75, 3.05) is 0 Å². The highest BCUT2D eigenvalue weighted by Gasteiger charge is 2.30. The van der Waals surface area contributed by atoms with Crippen LogP contribution < -0.4 is 5.32 Å². The number of unbranched alkanes of at least 4 members (excludes halogenated alkanes) is 2. The number of hydrogen-bond acceptors (Lipinski definition) is 4. The van der Waals surface area contributed by atoms with Crippen LogP contribution in [0.1, 0.15) is 47.2 Å². The summed E-state index contributed by atoms with van der Waals surface area (Å²) in [4.78, 5) is 35.0. The van der Waals surface area contributed by atoms with E-state index in [4.69, 9.17) is 0 Å². The largest absolute Gasteiger partial charge is 0.294 e. The monoisotopic (exact) mass is 381 g/mol. The van der Waals surface area contributed by atoms with Gasteiger partial charge in [-0.25, -0.2) is 0 Å². The molecular formula is C22H23NO3S. The number of thioether (sulfide) groups is 1. The van der Waals surface area contributed by atoms with Crippen molar-refractivity contribution >= 4 is 28.7 Å². The van der Waals surface area contributed by atoms with Gasteiger partial charge in [-0.1, -0.05) is 79.2 Å². The molecule has 27 heavy (non-hydrogen) atoms. The number of carbonyl (C=O) groups excluding carboxylic acids is 3. The average Bonchev–Trinajstić information content (AvgIpc) is 3.00. The van der Waals surface area contributed by atoms with Gasteiger partial charge in [0.25, 0.3) is 5.24 Å². The Bertz CT molecular complexity index is 802. The van der Waals surface area contributed by atoms with Crippen molar-refractivity contribution in [2.45, 2.75) is 43.8 Å². The molecular weight excluding hydrogens is 358 g/mol. The van der Waals surface area contributed by atoms with E-state index in [0.29, 0.717) is 6.42 Å². The normalized spacial score (nSPS) is 16.4. The van der Waals surface area contributed by atoms with Crippen molar-refractivity contribution in [1.82, 2.24) is 5.32 Å². The van der Waals surface area contributed by atoms with Crippen LogP contribution in [0.4, 0.5) is 4.79 Å². The van der Waals surface area contributed by atoms with Crippen molar-refractivity contribution in [3.8, 4) is 0 Å². The maximum Gasteiger partial charge on any atom is 0.286 e. The molecule has 0 saturated carbocycles. The Balaban J connectivity index is 1.38. The topological polar surface area (TPSA) is 63.2 Å². The van der Waals surface area contributed by atoms with Crippen LogP contribution in [-0.4, -0.2) is 22.2 Å². The second-order valence-corrected chi connectivity index (χ2v) is 7.94. The molecule has 1 unspecified atom stereocenters. The number of imide groups is 1. The third-order valence-electron chi connectivity index (χ3n) is 4.68. The first-order chi connectivity index (χ1) is 13.1. The zero-order chi connectivity index (χ0) is 19.1. The summed E-state index contributed by atoms with van der Waals surface area (Å²) in [6, 6.07) is 17.6. The van der Waals surface area contributed by atoms with E-state index in [1.54, 1.807) is 0 Å². The first-order valence-corrected chi connectivity index (χ1v) is 10.2. The van der Waals surface area contributed by atoms with Gasteiger partial charge in [0.1, 0.15) is 0 Å². The molecule has 1 fully saturated rings. The number of benzene rings is 2. The average molecular weight is 381 g/mol. The maximum absolute atomic E-state index is 12.3. The second-order valence-electron chi connectivity index (χ2n) is 6.77. The van der Waals surface area contributed by atoms with E-state index in [9.17, 15) is 14.4 Å². The lowest BCUT2D eigenvalue weighted by atomic mass is 10.00. The van der Waals surface area contributed by atoms with Gasteiger partial charge in [-0.3, -0.25) is 19.7 Å². The quantitative estimate of drug-likeness (QED) is 0.511. The summed E-state index contributed by atoms with van der Waals surface area (Å²) in [5, 5.41) is 1.88. The van der Waals surface area contributed by atoms with E-state index >= 15 is 0 Å². The van der Waals surface area contributed by atoms with Gasteiger partial charge in [-0.05, 0) is 30.4 Å². The SMILES string of the molecule is O=C1NC(=O)C(CCCCCc2ccc(C(=O)Cc3ccccc3)cc2)S1. The van der Waals surface area contributed by atoms with Crippen LogP contribution in [0.15, 0.2) is 54.6 Å². The fraction of sp³-hybridized carbons (Fsp3) is 0.318. The summed E-state index contributed by atoms with van der Waals surface area (Å²) in [5.41, 5.74) is 2.99. The van der Waals surface area contributed by atoms with Gasteiger partial charge in [-0.2, -0.15) is 0 Å². The molecule has 3 rings (SSSR count). The Hall–Kier alpha value is -2.40. The van der Waals surface area contributed by atoms with Crippen molar-refractivity contribution < 1.29 is 14.4 Å². The van der Waals surface area contributed by atoms with Crippen molar-refractivity contribution in [2.24, 2.45) is 0 Å². The third-order valence-corrected chi connectivity index (χ3v) is 5.73. The lowest BCUT2D eigenvalue weighted by molar-refractivity contribution is -0.119. The molecule has 1 heterocycles. The van der Waals surface area contributed by atoms with Gasteiger partial charge in [0.2, 0.25) is 5.91 Å². The van der Waals surface area contributed by atoms with Crippen molar-refractivity contribution in [1.29, 1.82) is 0 Å². The Morgan fingerprint density at radius 3 is 2.30 bits per heavy atom. The van der Waals surface area contributed by atoms with E-state index in [0.717, 1.165) is 55.0 Å². The number of rotatable bonds is 9. The van der Waals surface area contributed by atoms with Gasteiger partial charge in [0, 0.05) is 12.0 Å². The molecule has 0 aromatic heterocycles. The predicted octanol–water partition coefficient (Wildman–Crippen LogP) is 4.57. The van der Waals surface area contributed by atoms with Crippen molar-refractivity contribution in [3.05, 3.63) is 71.3 Å². The van der Waals surface area contributed by atoms with Crippen LogP contribution in [0.2, 0.25) is 0 Å². The molecule has 1 saturated heterocycles. The number of nitrogens with one attached hydrogen (secondary N) is 1. The molecule has 2 amide bonds. The van der Waals surface area contributed by atoms with Gasteiger partial charge in [0.15, 0.2) is 5.78 Å². The van der Waals surface area contributed by atoms with Crippen LogP contribution in [0, 0.1) is 0 Å². The van der Waals surface area contributed by atoms with Crippen LogP contribution in [0.3, 0.4) is 0 Å². The highest BCUT2D eigenvalue weighted by Crippen LogP contribution is 2.24. The summed E-state index contributed by atoms with van der Waals surface area (Å²) < 4.78 is 0. The molecule has 0 spiro atoms. The van der Waals surface area contributed by atoms with Crippen LogP contribution in [0.25, 0.3) is 0 Å². The van der Waals surface area contributed by atoms with E-state index in [2.05, 4.69) is 5.32 Å². The molecule has 2 aromatic rings. The molecule has 1 atom stereocenters. The minimum atomic E-state index is -0.230. The second kappa shape index (κ2) is 9.51. The molecule has 1 N–H and O–H groups in total. The molecule has 5 heteroatoms. The first kappa shape index (κ1) is 19.4. The zero-order valence-corrected chi connectivity index (χ0v) is 16.0. The molecule has 0 radical (unpaired) electrons. The molecule has 4 nitrogen and oxygen atoms in total. The number of amides is 2. The Kier molecular flexibility index (Phi) is 6.82. The first-order valence-electron chi connectivity index (χ1n) is 9.29. The molecule has 1 aliphatic heterocycles. The summed E-state index contributed by atoms with van der Waals surface area (Å²) in [6.07, 6.45) is 5.12. The van der Waals surface area contributed by atoms with Crippen LogP contribution in [0.5, 0.6) is 0 Å². The van der Waals surface area contributed by atoms with Crippen molar-refractivity contribution in [3.63, 3.8) is 0 Å². The Morgan fingerprint density at radius 1 is 0.889 bits per heavy atom. The minimum Gasteiger partial charge on any atom is -0.294 e. The number of carbonyl (C=O) groups is 3. The van der Waals surface area contributed by atoms with E-state index in [1.165, 1.54) is 5.56 Å². The van der Waals surface area contributed by atoms with E-state index in [-0.39, 0.29) is 22.2 Å². The predicted molar refractivity (Wildman–Crippen MR) is 108 cm³/mol. The van der Waals surface area contributed by atoms with E-state index < -0.39 is 0 Å². The number of aryl methyl sites for hydroxylation is 1. The fourth-order valence-electron chi connectivity index (χ4n) is 3.16. The van der Waals surface area contributed by atoms with Crippen LogP contribution in [-0.2, 0) is 17.6 Å². The Morgan fingerprint density at radius 2 is 1.63 bits per heavy atom. The number of ketones is 1. The smallest absolute Gasteiger partial charge is 0.286 e. The summed E-state index contributed by atoms with van der Waals surface area (Å²) in [5.74, 6) is -0.0182. The maximum atomic E-state index is 12.3. The third kappa shape index (κ3) is 5.79. The van der Waals surface area contributed by atoms with Gasteiger partial charge >= 0.3 is 0 Å². The highest BCUT2D eigenvalue weighted by molar-refractivity contribution is 8.15. The standard InChI is InChI=1S/C22H23NO3S/c24-19(15-17-8-4-1-5-9-17)18-13-11-16(12-14-18)7-3-2-6-10-20-21(25)23-22(26)27-20/h1,4-5,8-9,11-14,20H,2-3,6-7,10,15H2,(H,23,25,26). The molecule has 1 aliphatic rings. The summed E-state index contributed by atoms with van der Waals surface area (Å²) in [7, 11) is 0. The van der Waals surface area contributed by atoms with Gasteiger partial charge < -0.3 is 0 Å². The number of hydrogen-bond donors (Lipinski definition) is 1. The fourth-order valence-corrected chi connectivity index (χ4v) is 4.03. The molecule has 0 aliphatic carbocycles. The van der Waals surface area contributed by atoms with Gasteiger partial charge in [0.05, 0.1) is 5.25 Å². The molecule has 2 aromatic carbocycles. The lowest BCUT2D eigenvalue weighted by Crippen LogP contribution is -2.24. The minimum absolute atomic E-state index is 0.134. The zero-order valence-electron chi connectivity index (χ0n) is 15.1. The summed E-state index contributed by atoms with van der Waals surface area (Å²) >= 11 is 1.10. The lowest BCUT2D eigenvalue weighted by Gasteiger charge is -2.06. The van der Waals surface area contributed by atoms with Gasteiger partial charge in [-0.15, -0.1) is 0 Å². The summed E-state index contributed by atoms with van der Waals surface area (Å²) in [6.45, 7) is 0. The van der Waals surface area contributed by atoms with Crippen LogP contribution >= 0.6 is 11.8 Å². The highest BCUT2D eigenvalue weighted by atomic mass is 32.2.